The smallest absolute Gasteiger partial charge is 0.277 e. The van der Waals surface area contributed by atoms with E-state index in [-0.39, 0.29) is 35.1 Å². The Morgan fingerprint density at radius 1 is 1.18 bits per heavy atom. The molecule has 0 aliphatic heterocycles. The van der Waals surface area contributed by atoms with Crippen LogP contribution in [0, 0.1) is 6.92 Å². The fourth-order valence-electron chi connectivity index (χ4n) is 3.56. The molecule has 10 nitrogen and oxygen atoms in total. The van der Waals surface area contributed by atoms with Crippen LogP contribution in [0.2, 0.25) is 0 Å². The Balaban J connectivity index is 1.85. The SMILES string of the molecule is COc1cc(S(=O)(=O)N(C)CCN)ccc1-c1nc2c(C)nn(-c3ccccc3)c2c(=O)[nH]1. The number of hydrogen-bond acceptors (Lipinski definition) is 7. The van der Waals surface area contributed by atoms with Crippen LogP contribution in [0.1, 0.15) is 5.69 Å². The third-order valence-electron chi connectivity index (χ3n) is 5.28. The number of para-hydroxylation sites is 1. The number of nitrogens with one attached hydrogen (secondary N) is 1. The maximum atomic E-state index is 13.1. The zero-order chi connectivity index (χ0) is 23.8. The fraction of sp³-hybridized carbons (Fsp3) is 0.227. The van der Waals surface area contributed by atoms with Gasteiger partial charge in [-0.1, -0.05) is 18.2 Å². The third-order valence-corrected chi connectivity index (χ3v) is 7.13. The number of rotatable bonds is 7. The van der Waals surface area contributed by atoms with Gasteiger partial charge in [0.05, 0.1) is 29.0 Å². The summed E-state index contributed by atoms with van der Waals surface area (Å²) in [6, 6.07) is 13.7. The summed E-state index contributed by atoms with van der Waals surface area (Å²) < 4.78 is 33.7. The minimum Gasteiger partial charge on any atom is -0.496 e. The highest BCUT2D eigenvalue weighted by atomic mass is 32.2. The molecule has 2 aromatic carbocycles. The molecule has 172 valence electrons. The Morgan fingerprint density at radius 2 is 1.91 bits per heavy atom. The van der Waals surface area contributed by atoms with Gasteiger partial charge in [0.15, 0.2) is 5.52 Å². The Kier molecular flexibility index (Phi) is 6.02. The molecule has 2 aromatic heterocycles. The van der Waals surface area contributed by atoms with E-state index >= 15 is 0 Å². The summed E-state index contributed by atoms with van der Waals surface area (Å²) in [7, 11) is -0.856. The number of nitrogens with two attached hydrogens (primary N) is 1. The van der Waals surface area contributed by atoms with Crippen molar-refractivity contribution in [2.24, 2.45) is 5.73 Å². The lowest BCUT2D eigenvalue weighted by molar-refractivity contribution is 0.414. The van der Waals surface area contributed by atoms with Crippen molar-refractivity contribution < 1.29 is 13.2 Å². The van der Waals surface area contributed by atoms with E-state index < -0.39 is 10.0 Å². The summed E-state index contributed by atoms with van der Waals surface area (Å²) in [6.07, 6.45) is 0. The number of ether oxygens (including phenoxy) is 1. The van der Waals surface area contributed by atoms with Crippen molar-refractivity contribution in [3.05, 3.63) is 64.6 Å². The van der Waals surface area contributed by atoms with E-state index in [9.17, 15) is 13.2 Å². The van der Waals surface area contributed by atoms with E-state index in [2.05, 4.69) is 15.1 Å². The van der Waals surface area contributed by atoms with Gasteiger partial charge in [-0.3, -0.25) is 4.79 Å². The summed E-state index contributed by atoms with van der Waals surface area (Å²) in [5.74, 6) is 0.507. The van der Waals surface area contributed by atoms with Crippen LogP contribution in [-0.2, 0) is 10.0 Å². The predicted octanol–water partition coefficient (Wildman–Crippen LogP) is 1.67. The molecule has 0 aliphatic rings. The maximum absolute atomic E-state index is 13.1. The summed E-state index contributed by atoms with van der Waals surface area (Å²) >= 11 is 0. The average Bonchev–Trinajstić information content (AvgIpc) is 3.16. The summed E-state index contributed by atoms with van der Waals surface area (Å²) in [4.78, 5) is 20.5. The minimum absolute atomic E-state index is 0.0514. The van der Waals surface area contributed by atoms with Gasteiger partial charge < -0.3 is 15.5 Å². The van der Waals surface area contributed by atoms with E-state index in [1.807, 2.05) is 30.3 Å². The van der Waals surface area contributed by atoms with E-state index in [1.165, 1.54) is 30.6 Å². The van der Waals surface area contributed by atoms with Crippen LogP contribution in [0.4, 0.5) is 0 Å². The first-order chi connectivity index (χ1) is 15.8. The Labute approximate surface area is 190 Å². The normalized spacial score (nSPS) is 11.9. The van der Waals surface area contributed by atoms with Gasteiger partial charge >= 0.3 is 0 Å². The van der Waals surface area contributed by atoms with Gasteiger partial charge in [0.2, 0.25) is 10.0 Å². The largest absolute Gasteiger partial charge is 0.496 e. The first kappa shape index (κ1) is 22.6. The molecule has 0 saturated carbocycles. The minimum atomic E-state index is -3.74. The van der Waals surface area contributed by atoms with Crippen LogP contribution in [0.3, 0.4) is 0 Å². The van der Waals surface area contributed by atoms with Gasteiger partial charge in [0, 0.05) is 26.2 Å². The molecule has 0 bridgehead atoms. The Hall–Kier alpha value is -3.54. The van der Waals surface area contributed by atoms with Gasteiger partial charge in [-0.05, 0) is 31.2 Å². The number of likely N-dealkylation sites (N-methyl/N-ethyl adjacent to an activating group) is 1. The molecule has 33 heavy (non-hydrogen) atoms. The van der Waals surface area contributed by atoms with E-state index in [0.717, 1.165) is 5.69 Å². The summed E-state index contributed by atoms with van der Waals surface area (Å²) in [5, 5.41) is 4.49. The number of benzene rings is 2. The maximum Gasteiger partial charge on any atom is 0.277 e. The van der Waals surface area contributed by atoms with Gasteiger partial charge in [0.25, 0.3) is 5.56 Å². The molecule has 0 atom stereocenters. The number of methoxy groups -OCH3 is 1. The molecule has 0 aliphatic carbocycles. The molecule has 3 N–H and O–H groups in total. The number of aromatic amines is 1. The lowest BCUT2D eigenvalue weighted by Gasteiger charge is -2.17. The highest BCUT2D eigenvalue weighted by molar-refractivity contribution is 7.89. The third kappa shape index (κ3) is 4.01. The van der Waals surface area contributed by atoms with Crippen LogP contribution in [-0.4, -0.2) is 59.7 Å². The number of sulfonamides is 1. The molecule has 0 radical (unpaired) electrons. The molecule has 0 spiro atoms. The van der Waals surface area contributed by atoms with E-state index in [1.54, 1.807) is 17.7 Å². The molecule has 11 heteroatoms. The van der Waals surface area contributed by atoms with E-state index in [4.69, 9.17) is 10.5 Å². The second-order valence-corrected chi connectivity index (χ2v) is 9.47. The molecule has 4 aromatic rings. The summed E-state index contributed by atoms with van der Waals surface area (Å²) in [5.41, 5.74) is 7.66. The number of aryl methyl sites for hydroxylation is 1. The van der Waals surface area contributed by atoms with Crippen molar-refractivity contribution >= 4 is 21.1 Å². The number of aromatic nitrogens is 4. The number of hydrogen-bond donors (Lipinski definition) is 2. The molecule has 0 unspecified atom stereocenters. The van der Waals surface area contributed by atoms with Crippen molar-refractivity contribution in [3.8, 4) is 22.8 Å². The zero-order valence-electron chi connectivity index (χ0n) is 18.4. The first-order valence-electron chi connectivity index (χ1n) is 10.2. The Morgan fingerprint density at radius 3 is 2.58 bits per heavy atom. The van der Waals surface area contributed by atoms with Gasteiger partial charge in [-0.2, -0.15) is 9.40 Å². The number of H-pyrrole nitrogens is 1. The predicted molar refractivity (Wildman–Crippen MR) is 125 cm³/mol. The van der Waals surface area contributed by atoms with Crippen LogP contribution >= 0.6 is 0 Å². The molecule has 0 fully saturated rings. The van der Waals surface area contributed by atoms with Crippen molar-refractivity contribution in [2.75, 3.05) is 27.2 Å². The fourth-order valence-corrected chi connectivity index (χ4v) is 4.76. The van der Waals surface area contributed by atoms with Crippen LogP contribution in [0.15, 0.2) is 58.2 Å². The number of nitrogens with zero attached hydrogens (tertiary/aromatic N) is 4. The molecule has 0 saturated heterocycles. The average molecular weight is 469 g/mol. The first-order valence-corrected chi connectivity index (χ1v) is 11.6. The second kappa shape index (κ2) is 8.77. The van der Waals surface area contributed by atoms with Gasteiger partial charge in [-0.15, -0.1) is 0 Å². The molecular weight excluding hydrogens is 444 g/mol. The summed E-state index contributed by atoms with van der Waals surface area (Å²) in [6.45, 7) is 2.16. The lowest BCUT2D eigenvalue weighted by atomic mass is 10.2. The molecule has 4 rings (SSSR count). The standard InChI is InChI=1S/C22H24N6O4S/c1-14-19-20(28(26-14)15-7-5-4-6-8-15)22(29)25-21(24-19)17-10-9-16(13-18(17)32-3)33(30,31)27(2)12-11-23/h4-10,13H,11-12,23H2,1-3H3,(H,24,25,29). The Bertz CT molecular complexity index is 1480. The monoisotopic (exact) mass is 468 g/mol. The van der Waals surface area contributed by atoms with Crippen LogP contribution in [0.5, 0.6) is 5.75 Å². The van der Waals surface area contributed by atoms with Crippen molar-refractivity contribution in [3.63, 3.8) is 0 Å². The van der Waals surface area contributed by atoms with Crippen molar-refractivity contribution in [1.82, 2.24) is 24.1 Å². The van der Waals surface area contributed by atoms with Crippen LogP contribution in [0.25, 0.3) is 28.1 Å². The van der Waals surface area contributed by atoms with Crippen molar-refractivity contribution in [1.29, 1.82) is 0 Å². The van der Waals surface area contributed by atoms with Crippen LogP contribution < -0.4 is 16.0 Å². The quantitative estimate of drug-likeness (QED) is 0.421. The number of fused-ring (bicyclic) bond motifs is 1. The zero-order valence-corrected chi connectivity index (χ0v) is 19.3. The van der Waals surface area contributed by atoms with Gasteiger partial charge in [-0.25, -0.2) is 18.1 Å². The molecule has 2 heterocycles. The highest BCUT2D eigenvalue weighted by Crippen LogP contribution is 2.31. The van der Waals surface area contributed by atoms with Crippen molar-refractivity contribution in [2.45, 2.75) is 11.8 Å². The lowest BCUT2D eigenvalue weighted by Crippen LogP contribution is -2.31. The molecule has 0 amide bonds. The van der Waals surface area contributed by atoms with E-state index in [0.29, 0.717) is 22.3 Å². The van der Waals surface area contributed by atoms with Gasteiger partial charge in [0.1, 0.15) is 17.1 Å². The topological polar surface area (TPSA) is 136 Å². The second-order valence-electron chi connectivity index (χ2n) is 7.42. The highest BCUT2D eigenvalue weighted by Gasteiger charge is 2.23. The molecular formula is C22H24N6O4S.